The fourth-order valence-electron chi connectivity index (χ4n) is 3.66. The third-order valence-corrected chi connectivity index (χ3v) is 5.53. The molecule has 0 radical (unpaired) electrons. The fourth-order valence-corrected chi connectivity index (χ4v) is 3.66. The number of hydrogen-bond donors (Lipinski definition) is 1. The van der Waals surface area contributed by atoms with Crippen LogP contribution in [0.15, 0.2) is 84.0 Å². The maximum atomic E-state index is 13.1. The van der Waals surface area contributed by atoms with Crippen LogP contribution < -0.4 is 14.9 Å². The lowest BCUT2D eigenvalue weighted by Crippen LogP contribution is -2.19. The minimum atomic E-state index is -0.288. The number of fused-ring (bicyclic) bond motifs is 1. The second-order valence-corrected chi connectivity index (χ2v) is 7.81. The van der Waals surface area contributed by atoms with Crippen LogP contribution in [0.1, 0.15) is 35.7 Å². The summed E-state index contributed by atoms with van der Waals surface area (Å²) in [6.07, 6.45) is 1.72. The van der Waals surface area contributed by atoms with Crippen LogP contribution in [0, 0.1) is 0 Å². The molecule has 0 saturated heterocycles. The summed E-state index contributed by atoms with van der Waals surface area (Å²) < 4.78 is 10.7. The van der Waals surface area contributed by atoms with Gasteiger partial charge in [0, 0.05) is 23.1 Å². The topological polar surface area (TPSA) is 72.8 Å². The molecule has 0 saturated carbocycles. The van der Waals surface area contributed by atoms with Crippen LogP contribution in [-0.2, 0) is 0 Å². The number of benzene rings is 3. The van der Waals surface area contributed by atoms with Gasteiger partial charge in [-0.05, 0) is 61.0 Å². The van der Waals surface area contributed by atoms with E-state index in [1.807, 2.05) is 86.6 Å². The Morgan fingerprint density at radius 3 is 2.44 bits per heavy atom. The molecule has 0 spiro atoms. The predicted octanol–water partition coefficient (Wildman–Crippen LogP) is 5.83. The number of hydrazone groups is 1. The number of carbonyl (C=O) groups excluding carboxylic acids is 1. The Labute approximate surface area is 199 Å². The van der Waals surface area contributed by atoms with Gasteiger partial charge in [-0.3, -0.25) is 4.79 Å². The Morgan fingerprint density at radius 2 is 1.74 bits per heavy atom. The summed E-state index contributed by atoms with van der Waals surface area (Å²) in [5.74, 6) is 1.34. The number of nitrogens with zero attached hydrogens (tertiary/aromatic N) is 2. The number of ether oxygens (including phenoxy) is 2. The molecule has 0 aliphatic heterocycles. The maximum Gasteiger partial charge on any atom is 0.272 e. The SMILES string of the molecule is CCOc1ccc(-c2cc(C(=O)N/N=C\[C@H](C)c3ccc(OC)cc3)c3ccccc3n2)cc1. The molecule has 1 N–H and O–H groups in total. The first kappa shape index (κ1) is 23.0. The third kappa shape index (κ3) is 5.23. The first-order chi connectivity index (χ1) is 16.6. The summed E-state index contributed by atoms with van der Waals surface area (Å²) in [5, 5.41) is 4.99. The number of amides is 1. The van der Waals surface area contributed by atoms with Crippen molar-refractivity contribution in [1.29, 1.82) is 0 Å². The molecule has 0 aliphatic rings. The summed E-state index contributed by atoms with van der Waals surface area (Å²) in [6.45, 7) is 4.57. The number of hydrogen-bond acceptors (Lipinski definition) is 5. The van der Waals surface area contributed by atoms with Gasteiger partial charge in [0.1, 0.15) is 11.5 Å². The van der Waals surface area contributed by atoms with Gasteiger partial charge in [0.05, 0.1) is 30.5 Å². The Balaban J connectivity index is 1.57. The van der Waals surface area contributed by atoms with Gasteiger partial charge in [-0.1, -0.05) is 37.3 Å². The van der Waals surface area contributed by atoms with E-state index in [-0.39, 0.29) is 11.8 Å². The van der Waals surface area contributed by atoms with Crippen molar-refractivity contribution >= 4 is 23.0 Å². The highest BCUT2D eigenvalue weighted by atomic mass is 16.5. The lowest BCUT2D eigenvalue weighted by atomic mass is 10.0. The average molecular weight is 454 g/mol. The fraction of sp³-hybridized carbons (Fsp3) is 0.179. The number of rotatable bonds is 8. The second kappa shape index (κ2) is 10.6. The van der Waals surface area contributed by atoms with Gasteiger partial charge < -0.3 is 9.47 Å². The van der Waals surface area contributed by atoms with E-state index in [4.69, 9.17) is 14.5 Å². The van der Waals surface area contributed by atoms with Crippen molar-refractivity contribution in [2.75, 3.05) is 13.7 Å². The predicted molar refractivity (Wildman–Crippen MR) is 136 cm³/mol. The molecule has 0 unspecified atom stereocenters. The molecule has 34 heavy (non-hydrogen) atoms. The van der Waals surface area contributed by atoms with Crippen LogP contribution in [0.4, 0.5) is 0 Å². The van der Waals surface area contributed by atoms with Crippen molar-refractivity contribution in [1.82, 2.24) is 10.4 Å². The highest BCUT2D eigenvalue weighted by Crippen LogP contribution is 2.26. The van der Waals surface area contributed by atoms with E-state index in [9.17, 15) is 4.79 Å². The lowest BCUT2D eigenvalue weighted by Gasteiger charge is -2.10. The van der Waals surface area contributed by atoms with Gasteiger partial charge in [-0.2, -0.15) is 5.10 Å². The molecule has 172 valence electrons. The number of para-hydroxylation sites is 1. The van der Waals surface area contributed by atoms with Crippen LogP contribution in [-0.4, -0.2) is 30.8 Å². The van der Waals surface area contributed by atoms with E-state index in [2.05, 4.69) is 10.5 Å². The maximum absolute atomic E-state index is 13.1. The van der Waals surface area contributed by atoms with Gasteiger partial charge in [0.25, 0.3) is 5.91 Å². The van der Waals surface area contributed by atoms with Gasteiger partial charge in [-0.15, -0.1) is 0 Å². The van der Waals surface area contributed by atoms with E-state index in [1.54, 1.807) is 19.4 Å². The van der Waals surface area contributed by atoms with E-state index < -0.39 is 0 Å². The third-order valence-electron chi connectivity index (χ3n) is 5.53. The van der Waals surface area contributed by atoms with Crippen LogP contribution in [0.3, 0.4) is 0 Å². The molecular weight excluding hydrogens is 426 g/mol. The normalized spacial score (nSPS) is 12.0. The first-order valence-corrected chi connectivity index (χ1v) is 11.2. The van der Waals surface area contributed by atoms with Crippen molar-refractivity contribution < 1.29 is 14.3 Å². The van der Waals surface area contributed by atoms with Crippen LogP contribution in [0.5, 0.6) is 11.5 Å². The van der Waals surface area contributed by atoms with Gasteiger partial charge in [-0.25, -0.2) is 10.4 Å². The van der Waals surface area contributed by atoms with Gasteiger partial charge >= 0.3 is 0 Å². The van der Waals surface area contributed by atoms with E-state index in [0.29, 0.717) is 17.9 Å². The summed E-state index contributed by atoms with van der Waals surface area (Å²) in [7, 11) is 1.64. The molecule has 6 nitrogen and oxygen atoms in total. The lowest BCUT2D eigenvalue weighted by molar-refractivity contribution is 0.0956. The molecule has 1 aromatic heterocycles. The molecule has 1 amide bonds. The zero-order valence-electron chi connectivity index (χ0n) is 19.5. The molecule has 1 atom stereocenters. The van der Waals surface area contributed by atoms with Gasteiger partial charge in [0.2, 0.25) is 0 Å². The monoisotopic (exact) mass is 453 g/mol. The van der Waals surface area contributed by atoms with Crippen molar-refractivity contribution in [3.63, 3.8) is 0 Å². The molecule has 4 rings (SSSR count). The number of carbonyl (C=O) groups is 1. The van der Waals surface area contributed by atoms with Gasteiger partial charge in [0.15, 0.2) is 0 Å². The molecule has 4 aromatic rings. The molecule has 0 bridgehead atoms. The second-order valence-electron chi connectivity index (χ2n) is 7.81. The molecule has 0 aliphatic carbocycles. The summed E-state index contributed by atoms with van der Waals surface area (Å²) in [5.41, 5.74) is 6.63. The Morgan fingerprint density at radius 1 is 1.03 bits per heavy atom. The molecule has 1 heterocycles. The van der Waals surface area contributed by atoms with Crippen molar-refractivity contribution in [3.05, 3.63) is 90.0 Å². The van der Waals surface area contributed by atoms with Crippen molar-refractivity contribution in [2.24, 2.45) is 5.10 Å². The van der Waals surface area contributed by atoms with Crippen molar-refractivity contribution in [3.8, 4) is 22.8 Å². The van der Waals surface area contributed by atoms with Crippen LogP contribution in [0.25, 0.3) is 22.2 Å². The number of pyridine rings is 1. The highest BCUT2D eigenvalue weighted by molar-refractivity contribution is 6.07. The highest BCUT2D eigenvalue weighted by Gasteiger charge is 2.14. The minimum Gasteiger partial charge on any atom is -0.497 e. The standard InChI is InChI=1S/C28H27N3O3/c1-4-34-23-15-11-21(12-16-23)27-17-25(24-7-5-6-8-26(24)30-27)28(32)31-29-18-19(2)20-9-13-22(33-3)14-10-20/h5-19H,4H2,1-3H3,(H,31,32)/b29-18-/t19-/m0/s1. The summed E-state index contributed by atoms with van der Waals surface area (Å²) in [6, 6.07) is 24.9. The zero-order valence-corrected chi connectivity index (χ0v) is 19.5. The zero-order chi connectivity index (χ0) is 23.9. The summed E-state index contributed by atoms with van der Waals surface area (Å²) in [4.78, 5) is 17.9. The molecule has 3 aromatic carbocycles. The molecule has 6 heteroatoms. The molecule has 0 fully saturated rings. The minimum absolute atomic E-state index is 0.0276. The van der Waals surface area contributed by atoms with Crippen LogP contribution >= 0.6 is 0 Å². The van der Waals surface area contributed by atoms with Crippen LogP contribution in [0.2, 0.25) is 0 Å². The average Bonchev–Trinajstić information content (AvgIpc) is 2.88. The van der Waals surface area contributed by atoms with E-state index in [0.717, 1.165) is 33.5 Å². The Hall–Kier alpha value is -4.19. The first-order valence-electron chi connectivity index (χ1n) is 11.2. The quantitative estimate of drug-likeness (QED) is 0.269. The Kier molecular flexibility index (Phi) is 7.18. The van der Waals surface area contributed by atoms with E-state index >= 15 is 0 Å². The summed E-state index contributed by atoms with van der Waals surface area (Å²) >= 11 is 0. The van der Waals surface area contributed by atoms with Crippen molar-refractivity contribution in [2.45, 2.75) is 19.8 Å². The number of nitrogens with one attached hydrogen (secondary N) is 1. The number of aromatic nitrogens is 1. The Bertz CT molecular complexity index is 1300. The molecular formula is C28H27N3O3. The smallest absolute Gasteiger partial charge is 0.272 e. The largest absolute Gasteiger partial charge is 0.497 e. The number of methoxy groups -OCH3 is 1. The van der Waals surface area contributed by atoms with E-state index in [1.165, 1.54) is 0 Å².